The summed E-state index contributed by atoms with van der Waals surface area (Å²) in [6, 6.07) is 9.02. The Morgan fingerprint density at radius 1 is 1.31 bits per heavy atom. The summed E-state index contributed by atoms with van der Waals surface area (Å²) in [5.74, 6) is 6.48. The summed E-state index contributed by atoms with van der Waals surface area (Å²) in [5, 5.41) is 0. The second kappa shape index (κ2) is 5.46. The minimum Gasteiger partial charge on any atom is -0.271 e. The summed E-state index contributed by atoms with van der Waals surface area (Å²) < 4.78 is 0. The second-order valence-corrected chi connectivity index (χ2v) is 4.74. The highest BCUT2D eigenvalue weighted by molar-refractivity contribution is 5.30. The molecule has 0 radical (unpaired) electrons. The topological polar surface area (TPSA) is 38.0 Å². The molecule has 1 aromatic carbocycles. The van der Waals surface area contributed by atoms with E-state index in [9.17, 15) is 0 Å². The summed E-state index contributed by atoms with van der Waals surface area (Å²) >= 11 is 0. The number of hydrazine groups is 1. The molecule has 0 heterocycles. The van der Waals surface area contributed by atoms with E-state index in [2.05, 4.69) is 36.6 Å². The normalized spacial score (nSPS) is 18.9. The lowest BCUT2D eigenvalue weighted by Crippen LogP contribution is -2.33. The zero-order chi connectivity index (χ0) is 11.4. The van der Waals surface area contributed by atoms with Gasteiger partial charge in [-0.3, -0.25) is 11.3 Å². The fourth-order valence-corrected chi connectivity index (χ4v) is 2.93. The standard InChI is InChI=1S/C14H22N2/c1-2-11-7-5-6-10-13(11)14(16-15)12-8-3-4-9-12/h5-7,10,12,14,16H,2-4,8-9,15H2,1H3. The fraction of sp³-hybridized carbons (Fsp3) is 0.571. The highest BCUT2D eigenvalue weighted by Gasteiger charge is 2.26. The number of nitrogens with one attached hydrogen (secondary N) is 1. The highest BCUT2D eigenvalue weighted by Crippen LogP contribution is 2.36. The van der Waals surface area contributed by atoms with Gasteiger partial charge < -0.3 is 0 Å². The fourth-order valence-electron chi connectivity index (χ4n) is 2.93. The summed E-state index contributed by atoms with van der Waals surface area (Å²) in [5.41, 5.74) is 5.87. The van der Waals surface area contributed by atoms with E-state index in [1.54, 1.807) is 0 Å². The van der Waals surface area contributed by atoms with Crippen LogP contribution in [0.3, 0.4) is 0 Å². The van der Waals surface area contributed by atoms with Gasteiger partial charge in [0.2, 0.25) is 0 Å². The van der Waals surface area contributed by atoms with E-state index in [1.807, 2.05) is 0 Å². The Morgan fingerprint density at radius 3 is 2.62 bits per heavy atom. The lowest BCUT2D eigenvalue weighted by molar-refractivity contribution is 0.372. The van der Waals surface area contributed by atoms with Crippen molar-refractivity contribution in [1.82, 2.24) is 5.43 Å². The van der Waals surface area contributed by atoms with Gasteiger partial charge in [0.15, 0.2) is 0 Å². The van der Waals surface area contributed by atoms with Crippen molar-refractivity contribution >= 4 is 0 Å². The predicted molar refractivity (Wildman–Crippen MR) is 67.8 cm³/mol. The van der Waals surface area contributed by atoms with Crippen molar-refractivity contribution in [2.45, 2.75) is 45.1 Å². The van der Waals surface area contributed by atoms with Gasteiger partial charge in [-0.05, 0) is 36.3 Å². The quantitative estimate of drug-likeness (QED) is 0.602. The molecular weight excluding hydrogens is 196 g/mol. The Hall–Kier alpha value is -0.860. The highest BCUT2D eigenvalue weighted by atomic mass is 15.2. The van der Waals surface area contributed by atoms with Gasteiger partial charge in [-0.2, -0.15) is 0 Å². The van der Waals surface area contributed by atoms with E-state index in [1.165, 1.54) is 36.8 Å². The van der Waals surface area contributed by atoms with Crippen LogP contribution in [-0.2, 0) is 6.42 Å². The molecule has 0 aliphatic heterocycles. The predicted octanol–water partition coefficient (Wildman–Crippen LogP) is 2.94. The largest absolute Gasteiger partial charge is 0.271 e. The van der Waals surface area contributed by atoms with Crippen LogP contribution >= 0.6 is 0 Å². The van der Waals surface area contributed by atoms with Crippen molar-refractivity contribution in [3.05, 3.63) is 35.4 Å². The summed E-state index contributed by atoms with van der Waals surface area (Å²) in [6.45, 7) is 2.21. The van der Waals surface area contributed by atoms with Gasteiger partial charge in [-0.1, -0.05) is 44.0 Å². The number of benzene rings is 1. The molecule has 0 saturated heterocycles. The van der Waals surface area contributed by atoms with Gasteiger partial charge in [-0.25, -0.2) is 0 Å². The maximum absolute atomic E-state index is 5.76. The summed E-state index contributed by atoms with van der Waals surface area (Å²) in [6.07, 6.45) is 6.43. The van der Waals surface area contributed by atoms with Crippen LogP contribution in [0.5, 0.6) is 0 Å². The maximum Gasteiger partial charge on any atom is 0.0490 e. The molecule has 2 rings (SSSR count). The second-order valence-electron chi connectivity index (χ2n) is 4.74. The maximum atomic E-state index is 5.76. The first-order chi connectivity index (χ1) is 7.86. The van der Waals surface area contributed by atoms with Crippen molar-refractivity contribution in [3.63, 3.8) is 0 Å². The van der Waals surface area contributed by atoms with Crippen LogP contribution in [0, 0.1) is 5.92 Å². The van der Waals surface area contributed by atoms with Crippen LogP contribution in [0.15, 0.2) is 24.3 Å². The van der Waals surface area contributed by atoms with E-state index in [-0.39, 0.29) is 0 Å². The average molecular weight is 218 g/mol. The molecule has 1 aromatic rings. The molecule has 1 atom stereocenters. The lowest BCUT2D eigenvalue weighted by Gasteiger charge is -2.25. The van der Waals surface area contributed by atoms with Gasteiger partial charge in [0, 0.05) is 6.04 Å². The monoisotopic (exact) mass is 218 g/mol. The minimum atomic E-state index is 0.346. The molecule has 16 heavy (non-hydrogen) atoms. The van der Waals surface area contributed by atoms with Crippen LogP contribution in [0.1, 0.15) is 49.8 Å². The number of hydrogen-bond acceptors (Lipinski definition) is 2. The molecule has 0 amide bonds. The van der Waals surface area contributed by atoms with Crippen molar-refractivity contribution in [2.75, 3.05) is 0 Å². The van der Waals surface area contributed by atoms with Crippen LogP contribution in [0.2, 0.25) is 0 Å². The van der Waals surface area contributed by atoms with Crippen molar-refractivity contribution in [1.29, 1.82) is 0 Å². The van der Waals surface area contributed by atoms with Crippen LogP contribution in [0.4, 0.5) is 0 Å². The Labute approximate surface area is 98.2 Å². The summed E-state index contributed by atoms with van der Waals surface area (Å²) in [7, 11) is 0. The molecule has 3 N–H and O–H groups in total. The molecule has 1 aliphatic rings. The van der Waals surface area contributed by atoms with Gasteiger partial charge in [0.05, 0.1) is 0 Å². The molecule has 1 aliphatic carbocycles. The van der Waals surface area contributed by atoms with E-state index < -0.39 is 0 Å². The third-order valence-corrected chi connectivity index (χ3v) is 3.82. The Kier molecular flexibility index (Phi) is 3.97. The molecule has 1 saturated carbocycles. The molecule has 1 unspecified atom stereocenters. The van der Waals surface area contributed by atoms with E-state index >= 15 is 0 Å². The molecule has 1 fully saturated rings. The molecule has 88 valence electrons. The van der Waals surface area contributed by atoms with Crippen LogP contribution < -0.4 is 11.3 Å². The van der Waals surface area contributed by atoms with Crippen LogP contribution in [-0.4, -0.2) is 0 Å². The van der Waals surface area contributed by atoms with Crippen molar-refractivity contribution in [2.24, 2.45) is 11.8 Å². The van der Waals surface area contributed by atoms with Gasteiger partial charge in [0.1, 0.15) is 0 Å². The first-order valence-corrected chi connectivity index (χ1v) is 6.40. The summed E-state index contributed by atoms with van der Waals surface area (Å²) in [4.78, 5) is 0. The Balaban J connectivity index is 2.24. The first-order valence-electron chi connectivity index (χ1n) is 6.40. The number of rotatable bonds is 4. The lowest BCUT2D eigenvalue weighted by atomic mass is 9.88. The SMILES string of the molecule is CCc1ccccc1C(NN)C1CCCC1. The van der Waals surface area contributed by atoms with Gasteiger partial charge in [-0.15, -0.1) is 0 Å². The number of aryl methyl sites for hydroxylation is 1. The molecule has 0 bridgehead atoms. The van der Waals surface area contributed by atoms with Crippen molar-refractivity contribution in [3.8, 4) is 0 Å². The number of hydrogen-bond donors (Lipinski definition) is 2. The van der Waals surface area contributed by atoms with Crippen molar-refractivity contribution < 1.29 is 0 Å². The third kappa shape index (κ3) is 2.28. The van der Waals surface area contributed by atoms with Gasteiger partial charge >= 0.3 is 0 Å². The molecular formula is C14H22N2. The minimum absolute atomic E-state index is 0.346. The Bertz CT molecular complexity index is 329. The van der Waals surface area contributed by atoms with Crippen LogP contribution in [0.25, 0.3) is 0 Å². The molecule has 0 spiro atoms. The zero-order valence-corrected chi connectivity index (χ0v) is 10.1. The van der Waals surface area contributed by atoms with Gasteiger partial charge in [0.25, 0.3) is 0 Å². The smallest absolute Gasteiger partial charge is 0.0490 e. The van der Waals surface area contributed by atoms with E-state index in [0.29, 0.717) is 6.04 Å². The zero-order valence-electron chi connectivity index (χ0n) is 10.1. The molecule has 2 nitrogen and oxygen atoms in total. The average Bonchev–Trinajstić information content (AvgIpc) is 2.84. The Morgan fingerprint density at radius 2 is 2.00 bits per heavy atom. The third-order valence-electron chi connectivity index (χ3n) is 3.82. The molecule has 0 aromatic heterocycles. The first kappa shape index (κ1) is 11.6. The van der Waals surface area contributed by atoms with E-state index in [4.69, 9.17) is 5.84 Å². The number of nitrogens with two attached hydrogens (primary N) is 1. The van der Waals surface area contributed by atoms with E-state index in [0.717, 1.165) is 12.3 Å². The molecule has 2 heteroatoms.